The van der Waals surface area contributed by atoms with Crippen LogP contribution in [0, 0.1) is 0 Å². The van der Waals surface area contributed by atoms with Gasteiger partial charge in [0.15, 0.2) is 11.5 Å². The van der Waals surface area contributed by atoms with E-state index < -0.39 is 0 Å². The third-order valence-electron chi connectivity index (χ3n) is 4.88. The highest BCUT2D eigenvalue weighted by atomic mass is 79.9. The molecule has 1 saturated heterocycles. The van der Waals surface area contributed by atoms with Crippen molar-refractivity contribution in [1.29, 1.82) is 0 Å². The first kappa shape index (κ1) is 18.1. The van der Waals surface area contributed by atoms with E-state index in [0.717, 1.165) is 53.4 Å². The smallest absolute Gasteiger partial charge is 0.245 e. The molecule has 0 bridgehead atoms. The van der Waals surface area contributed by atoms with E-state index in [9.17, 15) is 0 Å². The number of hydrogen-bond donors (Lipinski definition) is 3. The maximum absolute atomic E-state index is 5.39. The van der Waals surface area contributed by atoms with Crippen LogP contribution in [0.4, 0.5) is 11.8 Å². The Kier molecular flexibility index (Phi) is 4.68. The first-order chi connectivity index (χ1) is 14.2. The monoisotopic (exact) mass is 457 g/mol. The molecule has 0 aliphatic carbocycles. The third kappa shape index (κ3) is 3.36. The van der Waals surface area contributed by atoms with Crippen molar-refractivity contribution in [2.45, 2.75) is 6.54 Å². The molecule has 4 heterocycles. The molecule has 3 N–H and O–H groups in total. The molecule has 5 rings (SSSR count). The molecule has 0 unspecified atom stereocenters. The maximum Gasteiger partial charge on any atom is 0.245 e. The number of imidazole rings is 2. The van der Waals surface area contributed by atoms with Crippen LogP contribution in [0.3, 0.4) is 0 Å². The summed E-state index contributed by atoms with van der Waals surface area (Å²) in [4.78, 5) is 19.3. The van der Waals surface area contributed by atoms with Crippen molar-refractivity contribution in [1.82, 2.24) is 34.9 Å². The van der Waals surface area contributed by atoms with Crippen molar-refractivity contribution in [3.05, 3.63) is 34.8 Å². The zero-order chi connectivity index (χ0) is 19.8. The summed E-state index contributed by atoms with van der Waals surface area (Å²) in [6, 6.07) is 5.81. The molecule has 0 spiro atoms. The van der Waals surface area contributed by atoms with Crippen molar-refractivity contribution in [3.8, 4) is 5.75 Å². The lowest BCUT2D eigenvalue weighted by molar-refractivity contribution is 0.419. The lowest BCUT2D eigenvalue weighted by atomic mass is 10.3. The van der Waals surface area contributed by atoms with Gasteiger partial charge in [0.1, 0.15) is 21.7 Å². The van der Waals surface area contributed by atoms with Crippen LogP contribution in [0.2, 0.25) is 0 Å². The zero-order valence-corrected chi connectivity index (χ0v) is 17.4. The number of aromatic nitrogens is 6. The van der Waals surface area contributed by atoms with Crippen LogP contribution in [0.1, 0.15) is 5.82 Å². The molecular weight excluding hydrogens is 438 g/mol. The molecule has 0 atom stereocenters. The van der Waals surface area contributed by atoms with Crippen molar-refractivity contribution >= 4 is 44.4 Å². The van der Waals surface area contributed by atoms with Gasteiger partial charge in [-0.3, -0.25) is 0 Å². The molecule has 150 valence electrons. The number of fused-ring (bicyclic) bond motifs is 2. The van der Waals surface area contributed by atoms with Crippen LogP contribution in [0.15, 0.2) is 29.0 Å². The van der Waals surface area contributed by atoms with Crippen LogP contribution in [0.25, 0.3) is 16.7 Å². The standard InChI is InChI=1S/C18H20BrN9O/c1-29-12-4-2-3-11-15(12)24-14(23-11)10-21-16-17-22-9-13(19)28(17)26-18(25-16)27-7-5-20-6-8-27/h2-4,9,20H,5-8,10H2,1H3,(H,23,24)(H,21,25,26). The van der Waals surface area contributed by atoms with Crippen molar-refractivity contribution in [3.63, 3.8) is 0 Å². The van der Waals surface area contributed by atoms with Crippen LogP contribution in [0.5, 0.6) is 5.75 Å². The van der Waals surface area contributed by atoms with Crippen molar-refractivity contribution in [2.75, 3.05) is 43.5 Å². The molecule has 11 heteroatoms. The average Bonchev–Trinajstić information content (AvgIpc) is 3.36. The second-order valence-corrected chi connectivity index (χ2v) is 7.52. The molecule has 1 aliphatic rings. The Hall–Kier alpha value is -2.92. The summed E-state index contributed by atoms with van der Waals surface area (Å²) >= 11 is 3.51. The predicted octanol–water partition coefficient (Wildman–Crippen LogP) is 1.79. The molecule has 29 heavy (non-hydrogen) atoms. The number of halogens is 1. The van der Waals surface area contributed by atoms with Crippen LogP contribution >= 0.6 is 15.9 Å². The second-order valence-electron chi connectivity index (χ2n) is 6.71. The molecular formula is C18H20BrN9O. The van der Waals surface area contributed by atoms with Gasteiger partial charge >= 0.3 is 0 Å². The molecule has 4 aromatic rings. The Morgan fingerprint density at radius 1 is 1.24 bits per heavy atom. The van der Waals surface area contributed by atoms with Gasteiger partial charge in [-0.1, -0.05) is 6.07 Å². The number of nitrogens with zero attached hydrogens (tertiary/aromatic N) is 6. The summed E-state index contributed by atoms with van der Waals surface area (Å²) in [5, 5.41) is 11.4. The van der Waals surface area contributed by atoms with E-state index in [1.807, 2.05) is 18.2 Å². The summed E-state index contributed by atoms with van der Waals surface area (Å²) in [5.74, 6) is 2.86. The van der Waals surface area contributed by atoms with E-state index in [-0.39, 0.29) is 0 Å². The van der Waals surface area contributed by atoms with Crippen LogP contribution < -0.4 is 20.3 Å². The Balaban J connectivity index is 1.46. The van der Waals surface area contributed by atoms with Gasteiger partial charge in [-0.05, 0) is 28.1 Å². The van der Waals surface area contributed by atoms with E-state index in [1.165, 1.54) is 0 Å². The van der Waals surface area contributed by atoms with Crippen LogP contribution in [-0.2, 0) is 6.54 Å². The summed E-state index contributed by atoms with van der Waals surface area (Å²) in [6.45, 7) is 4.02. The molecule has 1 aromatic carbocycles. The highest BCUT2D eigenvalue weighted by Gasteiger charge is 2.18. The minimum Gasteiger partial charge on any atom is -0.494 e. The van der Waals surface area contributed by atoms with Gasteiger partial charge in [-0.15, -0.1) is 5.10 Å². The van der Waals surface area contributed by atoms with Gasteiger partial charge in [-0.2, -0.15) is 9.50 Å². The minimum absolute atomic E-state index is 0.468. The van der Waals surface area contributed by atoms with Crippen LogP contribution in [-0.4, -0.2) is 62.8 Å². The van der Waals surface area contributed by atoms with E-state index >= 15 is 0 Å². The zero-order valence-electron chi connectivity index (χ0n) is 15.8. The molecule has 1 aliphatic heterocycles. The largest absolute Gasteiger partial charge is 0.494 e. The second kappa shape index (κ2) is 7.48. The lowest BCUT2D eigenvalue weighted by Crippen LogP contribution is -2.44. The molecule has 10 nitrogen and oxygen atoms in total. The number of benzene rings is 1. The average molecular weight is 458 g/mol. The van der Waals surface area contributed by atoms with E-state index in [2.05, 4.69) is 51.5 Å². The number of para-hydroxylation sites is 1. The number of rotatable bonds is 5. The first-order valence-electron chi connectivity index (χ1n) is 9.35. The summed E-state index contributed by atoms with van der Waals surface area (Å²) < 4.78 is 7.93. The lowest BCUT2D eigenvalue weighted by Gasteiger charge is -2.27. The quantitative estimate of drug-likeness (QED) is 0.416. The Labute approximate surface area is 174 Å². The number of piperazine rings is 1. The van der Waals surface area contributed by atoms with E-state index in [4.69, 9.17) is 9.72 Å². The van der Waals surface area contributed by atoms with Gasteiger partial charge in [0, 0.05) is 26.2 Å². The normalized spacial score (nSPS) is 14.6. The Morgan fingerprint density at radius 3 is 2.93 bits per heavy atom. The van der Waals surface area contributed by atoms with Gasteiger partial charge in [0.2, 0.25) is 5.95 Å². The summed E-state index contributed by atoms with van der Waals surface area (Å²) in [7, 11) is 1.65. The minimum atomic E-state index is 0.468. The molecule has 0 amide bonds. The molecule has 1 fully saturated rings. The van der Waals surface area contributed by atoms with E-state index in [1.54, 1.807) is 17.8 Å². The summed E-state index contributed by atoms with van der Waals surface area (Å²) in [5.41, 5.74) is 2.40. The van der Waals surface area contributed by atoms with E-state index in [0.29, 0.717) is 24.0 Å². The number of ether oxygens (including phenoxy) is 1. The molecule has 0 radical (unpaired) electrons. The number of hydrogen-bond acceptors (Lipinski definition) is 8. The number of anilines is 2. The third-order valence-corrected chi connectivity index (χ3v) is 5.42. The molecule has 3 aromatic heterocycles. The number of H-pyrrole nitrogens is 1. The highest BCUT2D eigenvalue weighted by molar-refractivity contribution is 9.10. The van der Waals surface area contributed by atoms with Crippen molar-refractivity contribution in [2.24, 2.45) is 0 Å². The molecule has 0 saturated carbocycles. The summed E-state index contributed by atoms with van der Waals surface area (Å²) in [6.07, 6.45) is 1.72. The predicted molar refractivity (Wildman–Crippen MR) is 114 cm³/mol. The van der Waals surface area contributed by atoms with Crippen molar-refractivity contribution < 1.29 is 4.74 Å². The highest BCUT2D eigenvalue weighted by Crippen LogP contribution is 2.24. The first-order valence-corrected chi connectivity index (χ1v) is 10.1. The van der Waals surface area contributed by atoms with Gasteiger partial charge in [0.25, 0.3) is 0 Å². The maximum atomic E-state index is 5.39. The van der Waals surface area contributed by atoms with Gasteiger partial charge in [-0.25, -0.2) is 9.97 Å². The SMILES string of the molecule is COc1cccc2[nH]c(CNc3nc(N4CCNCC4)nn4c(Br)cnc34)nc12. The number of methoxy groups -OCH3 is 1. The fourth-order valence-electron chi connectivity index (χ4n) is 3.43. The van der Waals surface area contributed by atoms with Gasteiger partial charge < -0.3 is 25.3 Å². The number of aromatic amines is 1. The fourth-order valence-corrected chi connectivity index (χ4v) is 3.78. The number of nitrogens with one attached hydrogen (secondary N) is 3. The Bertz CT molecular complexity index is 1170. The Morgan fingerprint density at radius 2 is 2.10 bits per heavy atom. The van der Waals surface area contributed by atoms with Gasteiger partial charge in [0.05, 0.1) is 25.4 Å². The fraction of sp³-hybridized carbons (Fsp3) is 0.333. The topological polar surface area (TPSA) is 108 Å².